The molecule has 0 bridgehead atoms. The molecule has 2 heteroatoms. The number of unbranched alkanes of at least 4 members (excludes halogenated alkanes) is 1. The normalized spacial score (nSPS) is 19.5. The molecule has 0 heterocycles. The van der Waals surface area contributed by atoms with Gasteiger partial charge in [0, 0.05) is 5.41 Å². The van der Waals surface area contributed by atoms with Crippen LogP contribution in [0.4, 0.5) is 0 Å². The molecule has 0 saturated heterocycles. The smallest absolute Gasteiger partial charge is 0.135 e. The summed E-state index contributed by atoms with van der Waals surface area (Å²) in [5, 5.41) is 0. The zero-order chi connectivity index (χ0) is 9.73. The summed E-state index contributed by atoms with van der Waals surface area (Å²) in [4.78, 5) is 11.4. The molecule has 0 aromatic heterocycles. The van der Waals surface area contributed by atoms with Crippen molar-refractivity contribution in [2.45, 2.75) is 45.4 Å². The molecule has 0 atom stereocenters. The van der Waals surface area contributed by atoms with E-state index in [-0.39, 0.29) is 5.41 Å². The third-order valence-electron chi connectivity index (χ3n) is 3.31. The fourth-order valence-electron chi connectivity index (χ4n) is 2.09. The van der Waals surface area contributed by atoms with Gasteiger partial charge in [0.15, 0.2) is 0 Å². The summed E-state index contributed by atoms with van der Waals surface area (Å²) in [5.74, 6) is 1.68. The van der Waals surface area contributed by atoms with Crippen LogP contribution in [0.2, 0.25) is 0 Å². The molecule has 1 nitrogen and oxygen atoms in total. The van der Waals surface area contributed by atoms with E-state index in [1.165, 1.54) is 25.0 Å². The zero-order valence-corrected chi connectivity index (χ0v) is 9.58. The highest BCUT2D eigenvalue weighted by molar-refractivity contribution is 7.98. The number of rotatable bonds is 6. The van der Waals surface area contributed by atoms with Crippen molar-refractivity contribution >= 4 is 17.5 Å². The van der Waals surface area contributed by atoms with Gasteiger partial charge in [0.2, 0.25) is 0 Å². The highest BCUT2D eigenvalue weighted by Crippen LogP contribution is 2.45. The predicted octanol–water partition coefficient (Wildman–Crippen LogP) is 3.28. The zero-order valence-electron chi connectivity index (χ0n) is 8.77. The van der Waals surface area contributed by atoms with Crippen LogP contribution in [0.15, 0.2) is 0 Å². The molecule has 0 spiro atoms. The molecule has 13 heavy (non-hydrogen) atoms. The summed E-state index contributed by atoms with van der Waals surface area (Å²) in [7, 11) is 0. The molecule has 1 saturated carbocycles. The average molecular weight is 200 g/mol. The van der Waals surface area contributed by atoms with Gasteiger partial charge < -0.3 is 0 Å². The van der Waals surface area contributed by atoms with Crippen molar-refractivity contribution < 1.29 is 4.79 Å². The van der Waals surface area contributed by atoms with Gasteiger partial charge in [-0.2, -0.15) is 11.8 Å². The number of carbonyl (C=O) groups is 1. The first-order valence-corrected chi connectivity index (χ1v) is 6.61. The Hall–Kier alpha value is 0.0200. The summed E-state index contributed by atoms with van der Waals surface area (Å²) in [6.07, 6.45) is 9.37. The van der Waals surface area contributed by atoms with Gasteiger partial charge in [-0.25, -0.2) is 0 Å². The minimum atomic E-state index is 0.123. The number of ketones is 1. The second-order valence-corrected chi connectivity index (χ2v) is 5.13. The van der Waals surface area contributed by atoms with E-state index >= 15 is 0 Å². The highest BCUT2D eigenvalue weighted by Gasteiger charge is 2.40. The van der Waals surface area contributed by atoms with Crippen molar-refractivity contribution in [3.8, 4) is 0 Å². The van der Waals surface area contributed by atoms with Gasteiger partial charge in [0.05, 0.1) is 0 Å². The summed E-state index contributed by atoms with van der Waals surface area (Å²) in [6, 6.07) is 0. The lowest BCUT2D eigenvalue weighted by Crippen LogP contribution is -2.36. The molecular formula is C11H20OS. The van der Waals surface area contributed by atoms with E-state index in [1.807, 2.05) is 11.8 Å². The Morgan fingerprint density at radius 1 is 1.38 bits per heavy atom. The minimum Gasteiger partial charge on any atom is -0.299 e. The molecule has 0 amide bonds. The maximum absolute atomic E-state index is 11.4. The molecule has 0 aliphatic heterocycles. The van der Waals surface area contributed by atoms with Crippen molar-refractivity contribution in [1.82, 2.24) is 0 Å². The lowest BCUT2D eigenvalue weighted by atomic mass is 9.63. The highest BCUT2D eigenvalue weighted by atomic mass is 32.2. The standard InChI is InChI=1S/C11H20OS/c1-10(12)11(7-5-8-11)6-3-4-9-13-2/h3-9H2,1-2H3. The molecule has 0 radical (unpaired) electrons. The Labute approximate surface area is 85.7 Å². The fourth-order valence-corrected chi connectivity index (χ4v) is 2.58. The summed E-state index contributed by atoms with van der Waals surface area (Å²) in [6.45, 7) is 1.77. The number of hydrogen-bond donors (Lipinski definition) is 0. The van der Waals surface area contributed by atoms with Crippen LogP contribution in [0.1, 0.15) is 45.4 Å². The van der Waals surface area contributed by atoms with Gasteiger partial charge in [-0.3, -0.25) is 4.79 Å². The van der Waals surface area contributed by atoms with Gasteiger partial charge in [-0.05, 0) is 44.6 Å². The van der Waals surface area contributed by atoms with E-state index in [2.05, 4.69) is 6.26 Å². The van der Waals surface area contributed by atoms with Gasteiger partial charge in [0.25, 0.3) is 0 Å². The van der Waals surface area contributed by atoms with Crippen LogP contribution in [0, 0.1) is 5.41 Å². The third-order valence-corrected chi connectivity index (χ3v) is 4.01. The van der Waals surface area contributed by atoms with Crippen LogP contribution in [0.25, 0.3) is 0 Å². The molecule has 1 rings (SSSR count). The van der Waals surface area contributed by atoms with E-state index in [0.29, 0.717) is 5.78 Å². The first-order valence-electron chi connectivity index (χ1n) is 5.21. The molecule has 1 fully saturated rings. The van der Waals surface area contributed by atoms with E-state index in [1.54, 1.807) is 6.92 Å². The van der Waals surface area contributed by atoms with Gasteiger partial charge >= 0.3 is 0 Å². The Balaban J connectivity index is 2.21. The molecule has 0 N–H and O–H groups in total. The van der Waals surface area contributed by atoms with Crippen molar-refractivity contribution in [3.05, 3.63) is 0 Å². The van der Waals surface area contributed by atoms with Gasteiger partial charge in [-0.1, -0.05) is 12.8 Å². The Bertz CT molecular complexity index is 173. The maximum Gasteiger partial charge on any atom is 0.135 e. The SMILES string of the molecule is CSCCCCC1(C(C)=O)CCC1. The number of hydrogen-bond acceptors (Lipinski definition) is 2. The second-order valence-electron chi connectivity index (χ2n) is 4.14. The van der Waals surface area contributed by atoms with E-state index in [0.717, 1.165) is 19.3 Å². The number of thioether (sulfide) groups is 1. The van der Waals surface area contributed by atoms with Crippen molar-refractivity contribution in [3.63, 3.8) is 0 Å². The molecule has 0 aromatic rings. The lowest BCUT2D eigenvalue weighted by Gasteiger charge is -2.39. The van der Waals surface area contributed by atoms with Crippen LogP contribution in [0.3, 0.4) is 0 Å². The van der Waals surface area contributed by atoms with Gasteiger partial charge in [0.1, 0.15) is 5.78 Å². The number of Topliss-reactive ketones (excluding diaryl/α,β-unsaturated/α-hetero) is 1. The topological polar surface area (TPSA) is 17.1 Å². The second kappa shape index (κ2) is 5.04. The number of carbonyl (C=O) groups excluding carboxylic acids is 1. The van der Waals surface area contributed by atoms with Crippen LogP contribution in [0.5, 0.6) is 0 Å². The molecule has 0 aromatic carbocycles. The largest absolute Gasteiger partial charge is 0.299 e. The molecular weight excluding hydrogens is 180 g/mol. The third kappa shape index (κ3) is 2.73. The predicted molar refractivity (Wildman–Crippen MR) is 59.2 cm³/mol. The van der Waals surface area contributed by atoms with Gasteiger partial charge in [-0.15, -0.1) is 0 Å². The Morgan fingerprint density at radius 2 is 2.08 bits per heavy atom. The Morgan fingerprint density at radius 3 is 2.46 bits per heavy atom. The fraction of sp³-hybridized carbons (Fsp3) is 0.909. The Kier molecular flexibility index (Phi) is 4.30. The van der Waals surface area contributed by atoms with Crippen molar-refractivity contribution in [1.29, 1.82) is 0 Å². The quantitative estimate of drug-likeness (QED) is 0.612. The van der Waals surface area contributed by atoms with Crippen molar-refractivity contribution in [2.24, 2.45) is 5.41 Å². The van der Waals surface area contributed by atoms with E-state index in [9.17, 15) is 4.79 Å². The average Bonchev–Trinajstić information content (AvgIpc) is 2.01. The summed E-state index contributed by atoms with van der Waals surface area (Å²) < 4.78 is 0. The minimum absolute atomic E-state index is 0.123. The van der Waals surface area contributed by atoms with E-state index in [4.69, 9.17) is 0 Å². The van der Waals surface area contributed by atoms with Crippen LogP contribution in [-0.2, 0) is 4.79 Å². The monoisotopic (exact) mass is 200 g/mol. The lowest BCUT2D eigenvalue weighted by molar-refractivity contribution is -0.131. The molecule has 0 unspecified atom stereocenters. The molecule has 1 aliphatic rings. The first kappa shape index (κ1) is 11.1. The summed E-state index contributed by atoms with van der Waals surface area (Å²) in [5.41, 5.74) is 0.123. The molecule has 76 valence electrons. The van der Waals surface area contributed by atoms with Crippen LogP contribution < -0.4 is 0 Å². The van der Waals surface area contributed by atoms with Crippen LogP contribution in [-0.4, -0.2) is 17.8 Å². The van der Waals surface area contributed by atoms with Crippen molar-refractivity contribution in [2.75, 3.05) is 12.0 Å². The summed E-state index contributed by atoms with van der Waals surface area (Å²) >= 11 is 1.90. The van der Waals surface area contributed by atoms with Crippen LogP contribution >= 0.6 is 11.8 Å². The van der Waals surface area contributed by atoms with E-state index < -0.39 is 0 Å². The maximum atomic E-state index is 11.4. The first-order chi connectivity index (χ1) is 6.21. The molecule has 1 aliphatic carbocycles.